The van der Waals surface area contributed by atoms with Crippen molar-refractivity contribution in [3.05, 3.63) is 35.9 Å². The van der Waals surface area contributed by atoms with Crippen molar-refractivity contribution in [2.75, 3.05) is 16.5 Å². The van der Waals surface area contributed by atoms with Crippen molar-refractivity contribution in [3.8, 4) is 0 Å². The number of anilines is 4. The van der Waals surface area contributed by atoms with Gasteiger partial charge in [0.2, 0.25) is 5.95 Å². The third-order valence-corrected chi connectivity index (χ3v) is 2.72. The molecule has 0 saturated carbocycles. The molecule has 0 atom stereocenters. The van der Waals surface area contributed by atoms with Crippen LogP contribution in [0.15, 0.2) is 30.3 Å². The average Bonchev–Trinajstić information content (AvgIpc) is 2.38. The molecule has 1 aromatic heterocycles. The minimum absolute atomic E-state index is 0.165. The molecule has 0 fully saturated rings. The summed E-state index contributed by atoms with van der Waals surface area (Å²) in [5.74, 6) is 7.02. The number of nitrogens with two attached hydrogens (primary N) is 2. The van der Waals surface area contributed by atoms with Crippen LogP contribution in [-0.2, 0) is 0 Å². The largest absolute Gasteiger partial charge is 0.368 e. The Bertz CT molecular complexity index is 567. The first kappa shape index (κ1) is 13.1. The fourth-order valence-corrected chi connectivity index (χ4v) is 1.73. The van der Waals surface area contributed by atoms with Gasteiger partial charge in [-0.2, -0.15) is 9.97 Å². The van der Waals surface area contributed by atoms with Gasteiger partial charge >= 0.3 is 0 Å². The van der Waals surface area contributed by atoms with Crippen LogP contribution in [0.5, 0.6) is 0 Å². The van der Waals surface area contributed by atoms with Crippen LogP contribution in [0.1, 0.15) is 25.3 Å². The molecule has 2 rings (SSSR count). The van der Waals surface area contributed by atoms with Crippen LogP contribution < -0.4 is 22.3 Å². The van der Waals surface area contributed by atoms with Crippen molar-refractivity contribution in [3.63, 3.8) is 0 Å². The van der Waals surface area contributed by atoms with Crippen LogP contribution in [0.25, 0.3) is 0 Å². The second kappa shape index (κ2) is 5.53. The lowest BCUT2D eigenvalue weighted by molar-refractivity contribution is 0.867. The monoisotopic (exact) mass is 258 g/mol. The van der Waals surface area contributed by atoms with Gasteiger partial charge in [-0.3, -0.25) is 0 Å². The Balaban J connectivity index is 2.25. The maximum Gasteiger partial charge on any atom is 0.223 e. The second-order valence-corrected chi connectivity index (χ2v) is 4.55. The van der Waals surface area contributed by atoms with Crippen LogP contribution in [0, 0.1) is 0 Å². The van der Waals surface area contributed by atoms with E-state index in [2.05, 4.69) is 46.7 Å². The molecule has 100 valence electrons. The predicted octanol–water partition coefficient (Wildman–Crippen LogP) is 2.21. The van der Waals surface area contributed by atoms with Gasteiger partial charge in [-0.15, -0.1) is 0 Å². The molecule has 0 aliphatic heterocycles. The van der Waals surface area contributed by atoms with E-state index in [0.29, 0.717) is 17.6 Å². The molecular weight excluding hydrogens is 240 g/mol. The highest BCUT2D eigenvalue weighted by atomic mass is 15.3. The fourth-order valence-electron chi connectivity index (χ4n) is 1.73. The van der Waals surface area contributed by atoms with Crippen LogP contribution >= 0.6 is 0 Å². The van der Waals surface area contributed by atoms with Gasteiger partial charge in [0, 0.05) is 11.8 Å². The molecule has 2 aromatic rings. The van der Waals surface area contributed by atoms with E-state index in [0.717, 1.165) is 5.69 Å². The molecular formula is C13H18N6. The average molecular weight is 258 g/mol. The smallest absolute Gasteiger partial charge is 0.223 e. The summed E-state index contributed by atoms with van der Waals surface area (Å²) in [6.45, 7) is 4.30. The summed E-state index contributed by atoms with van der Waals surface area (Å²) >= 11 is 0. The normalized spacial score (nSPS) is 10.5. The molecule has 1 heterocycles. The minimum atomic E-state index is 0.165. The predicted molar refractivity (Wildman–Crippen MR) is 78.1 cm³/mol. The van der Waals surface area contributed by atoms with Crippen LogP contribution in [0.2, 0.25) is 0 Å². The molecule has 0 saturated heterocycles. The molecule has 0 bridgehead atoms. The first-order valence-corrected chi connectivity index (χ1v) is 6.06. The van der Waals surface area contributed by atoms with E-state index in [4.69, 9.17) is 11.6 Å². The van der Waals surface area contributed by atoms with Crippen LogP contribution in [0.4, 0.5) is 23.3 Å². The number of hydrogen-bond acceptors (Lipinski definition) is 6. The third-order valence-electron chi connectivity index (χ3n) is 2.72. The number of nitrogens with one attached hydrogen (secondary N) is 2. The Morgan fingerprint density at radius 2 is 1.84 bits per heavy atom. The molecule has 0 radical (unpaired) electrons. The Hall–Kier alpha value is -2.34. The lowest BCUT2D eigenvalue weighted by Crippen LogP contribution is -2.11. The number of hydrazine groups is 1. The van der Waals surface area contributed by atoms with Gasteiger partial charge in [-0.1, -0.05) is 26.0 Å². The first-order valence-electron chi connectivity index (χ1n) is 6.06. The van der Waals surface area contributed by atoms with Gasteiger partial charge in [-0.25, -0.2) is 5.84 Å². The zero-order valence-electron chi connectivity index (χ0n) is 11.0. The zero-order chi connectivity index (χ0) is 13.8. The van der Waals surface area contributed by atoms with Crippen LogP contribution in [-0.4, -0.2) is 9.97 Å². The Kier molecular flexibility index (Phi) is 3.82. The maximum atomic E-state index is 5.61. The van der Waals surface area contributed by atoms with E-state index >= 15 is 0 Å². The molecule has 0 aliphatic carbocycles. The quantitative estimate of drug-likeness (QED) is 0.495. The van der Waals surface area contributed by atoms with Crippen molar-refractivity contribution in [2.45, 2.75) is 19.8 Å². The second-order valence-electron chi connectivity index (χ2n) is 4.55. The standard InChI is InChI=1S/C13H18N6/c1-8(2)9-4-3-5-10(6-9)16-11-7-12(19-15)18-13(14)17-11/h3-8H,15H2,1-2H3,(H4,14,16,17,18,19). The highest BCUT2D eigenvalue weighted by molar-refractivity contribution is 5.61. The Morgan fingerprint density at radius 3 is 2.53 bits per heavy atom. The highest BCUT2D eigenvalue weighted by Crippen LogP contribution is 2.22. The van der Waals surface area contributed by atoms with Crippen molar-refractivity contribution < 1.29 is 0 Å². The summed E-state index contributed by atoms with van der Waals surface area (Å²) < 4.78 is 0. The third kappa shape index (κ3) is 3.32. The molecule has 0 amide bonds. The molecule has 6 N–H and O–H groups in total. The van der Waals surface area contributed by atoms with E-state index < -0.39 is 0 Å². The summed E-state index contributed by atoms with van der Waals surface area (Å²) in [4.78, 5) is 8.04. The summed E-state index contributed by atoms with van der Waals surface area (Å²) in [6, 6.07) is 9.85. The number of aromatic nitrogens is 2. The number of nitrogen functional groups attached to an aromatic ring is 2. The molecule has 6 nitrogen and oxygen atoms in total. The maximum absolute atomic E-state index is 5.61. The zero-order valence-corrected chi connectivity index (χ0v) is 11.0. The first-order chi connectivity index (χ1) is 9.08. The van der Waals surface area contributed by atoms with Gasteiger partial charge in [0.15, 0.2) is 0 Å². The molecule has 0 aliphatic rings. The van der Waals surface area contributed by atoms with Crippen molar-refractivity contribution in [1.29, 1.82) is 0 Å². The molecule has 0 spiro atoms. The number of hydrogen-bond donors (Lipinski definition) is 4. The number of rotatable bonds is 4. The Labute approximate surface area is 112 Å². The molecule has 0 unspecified atom stereocenters. The molecule has 19 heavy (non-hydrogen) atoms. The lowest BCUT2D eigenvalue weighted by Gasteiger charge is -2.11. The fraction of sp³-hybridized carbons (Fsp3) is 0.231. The van der Waals surface area contributed by atoms with Crippen molar-refractivity contribution in [2.24, 2.45) is 5.84 Å². The number of benzene rings is 1. The van der Waals surface area contributed by atoms with Gasteiger partial charge in [0.1, 0.15) is 11.6 Å². The highest BCUT2D eigenvalue weighted by Gasteiger charge is 2.04. The SMILES string of the molecule is CC(C)c1cccc(Nc2cc(NN)nc(N)n2)c1. The van der Waals surface area contributed by atoms with Gasteiger partial charge < -0.3 is 16.5 Å². The minimum Gasteiger partial charge on any atom is -0.368 e. The summed E-state index contributed by atoms with van der Waals surface area (Å²) in [5, 5.41) is 3.19. The number of nitrogens with zero attached hydrogens (tertiary/aromatic N) is 2. The van der Waals surface area contributed by atoms with E-state index in [1.54, 1.807) is 6.07 Å². The van der Waals surface area contributed by atoms with Gasteiger partial charge in [0.25, 0.3) is 0 Å². The van der Waals surface area contributed by atoms with Gasteiger partial charge in [-0.05, 0) is 23.6 Å². The summed E-state index contributed by atoms with van der Waals surface area (Å²) in [6.07, 6.45) is 0. The van der Waals surface area contributed by atoms with Crippen molar-refractivity contribution >= 4 is 23.3 Å². The topological polar surface area (TPSA) is 102 Å². The lowest BCUT2D eigenvalue weighted by atomic mass is 10.0. The Morgan fingerprint density at radius 1 is 1.11 bits per heavy atom. The van der Waals surface area contributed by atoms with Crippen molar-refractivity contribution in [1.82, 2.24) is 9.97 Å². The van der Waals surface area contributed by atoms with Gasteiger partial charge in [0.05, 0.1) is 0 Å². The summed E-state index contributed by atoms with van der Waals surface area (Å²) in [7, 11) is 0. The van der Waals surface area contributed by atoms with E-state index in [1.807, 2.05) is 12.1 Å². The molecule has 6 heteroatoms. The summed E-state index contributed by atoms with van der Waals surface area (Å²) in [5.41, 5.74) is 10.3. The van der Waals surface area contributed by atoms with Crippen LogP contribution in [0.3, 0.4) is 0 Å². The molecule has 1 aromatic carbocycles. The van der Waals surface area contributed by atoms with E-state index in [-0.39, 0.29) is 5.95 Å². The van der Waals surface area contributed by atoms with E-state index in [9.17, 15) is 0 Å². The van der Waals surface area contributed by atoms with E-state index in [1.165, 1.54) is 5.56 Å².